The molecule has 0 bridgehead atoms. The highest BCUT2D eigenvalue weighted by atomic mass is 16.5. The summed E-state index contributed by atoms with van der Waals surface area (Å²) in [7, 11) is 0. The van der Waals surface area contributed by atoms with Crippen LogP contribution in [0.3, 0.4) is 0 Å². The Bertz CT molecular complexity index is 992. The van der Waals surface area contributed by atoms with E-state index in [1.165, 1.54) is 30.5 Å². The number of nitrogens with two attached hydrogens (primary N) is 1. The second-order valence-electron chi connectivity index (χ2n) is 5.66. The largest absolute Gasteiger partial charge is 0.451 e. The molecule has 0 spiro atoms. The normalized spacial score (nSPS) is 10.5. The summed E-state index contributed by atoms with van der Waals surface area (Å²) >= 11 is 0. The highest BCUT2D eigenvalue weighted by molar-refractivity contribution is 5.96. The van der Waals surface area contributed by atoms with Gasteiger partial charge in [-0.1, -0.05) is 0 Å². The van der Waals surface area contributed by atoms with E-state index in [-0.39, 0.29) is 5.69 Å². The molecule has 3 N–H and O–H groups in total. The van der Waals surface area contributed by atoms with Crippen molar-refractivity contribution in [3.63, 3.8) is 0 Å². The van der Waals surface area contributed by atoms with Gasteiger partial charge in [0.15, 0.2) is 12.3 Å². The van der Waals surface area contributed by atoms with Crippen molar-refractivity contribution in [1.29, 1.82) is 0 Å². The second-order valence-corrected chi connectivity index (χ2v) is 5.66. The van der Waals surface area contributed by atoms with Crippen LogP contribution in [0.25, 0.3) is 5.65 Å². The molecule has 26 heavy (non-hydrogen) atoms. The van der Waals surface area contributed by atoms with Gasteiger partial charge in [0, 0.05) is 23.6 Å². The number of esters is 1. The van der Waals surface area contributed by atoms with Gasteiger partial charge < -0.3 is 20.2 Å². The zero-order valence-electron chi connectivity index (χ0n) is 13.9. The summed E-state index contributed by atoms with van der Waals surface area (Å²) in [6.07, 6.45) is 3.33. The average Bonchev–Trinajstić information content (AvgIpc) is 3.03. The van der Waals surface area contributed by atoms with Gasteiger partial charge in [0.25, 0.3) is 5.91 Å². The summed E-state index contributed by atoms with van der Waals surface area (Å²) in [5, 5.41) is 2.56. The number of rotatable bonds is 5. The van der Waals surface area contributed by atoms with E-state index in [0.717, 1.165) is 5.56 Å². The lowest BCUT2D eigenvalue weighted by atomic mass is 10.2. The van der Waals surface area contributed by atoms with E-state index < -0.39 is 24.4 Å². The van der Waals surface area contributed by atoms with Gasteiger partial charge in [0.05, 0.1) is 0 Å². The molecule has 8 nitrogen and oxygen atoms in total. The SMILES string of the molecule is Cc1ccn2cc(C(=O)OCC(=O)Nc3ccc(C(N)=O)cc3)nc2c1. The number of aryl methyl sites for hydroxylation is 1. The Balaban J connectivity index is 1.57. The minimum Gasteiger partial charge on any atom is -0.451 e. The number of nitrogens with zero attached hydrogens (tertiary/aromatic N) is 2. The van der Waals surface area contributed by atoms with Crippen LogP contribution in [-0.2, 0) is 9.53 Å². The number of nitrogens with one attached hydrogen (secondary N) is 1. The van der Waals surface area contributed by atoms with Crippen LogP contribution >= 0.6 is 0 Å². The highest BCUT2D eigenvalue weighted by Gasteiger charge is 2.14. The summed E-state index contributed by atoms with van der Waals surface area (Å²) in [4.78, 5) is 39.1. The number of hydrogen-bond acceptors (Lipinski definition) is 5. The van der Waals surface area contributed by atoms with Crippen molar-refractivity contribution in [3.8, 4) is 0 Å². The Morgan fingerprint density at radius 1 is 1.19 bits per heavy atom. The van der Waals surface area contributed by atoms with Crippen LogP contribution in [0.2, 0.25) is 0 Å². The fourth-order valence-corrected chi connectivity index (χ4v) is 2.30. The van der Waals surface area contributed by atoms with Gasteiger partial charge in [-0.15, -0.1) is 0 Å². The Kier molecular flexibility index (Phi) is 4.66. The van der Waals surface area contributed by atoms with Crippen LogP contribution in [0.5, 0.6) is 0 Å². The molecule has 3 aromatic rings. The van der Waals surface area contributed by atoms with Gasteiger partial charge in [0.1, 0.15) is 5.65 Å². The maximum absolute atomic E-state index is 12.0. The molecule has 0 saturated heterocycles. The first-order chi connectivity index (χ1) is 12.4. The first-order valence-corrected chi connectivity index (χ1v) is 7.74. The van der Waals surface area contributed by atoms with Crippen LogP contribution in [-0.4, -0.2) is 33.8 Å². The molecule has 2 aromatic heterocycles. The third-order valence-corrected chi connectivity index (χ3v) is 3.61. The Morgan fingerprint density at radius 3 is 2.62 bits per heavy atom. The van der Waals surface area contributed by atoms with E-state index in [4.69, 9.17) is 10.5 Å². The van der Waals surface area contributed by atoms with E-state index in [1.54, 1.807) is 10.6 Å². The molecule has 0 aliphatic carbocycles. The molecule has 0 fully saturated rings. The van der Waals surface area contributed by atoms with E-state index in [1.807, 2.05) is 19.1 Å². The molecule has 0 radical (unpaired) electrons. The van der Waals surface area contributed by atoms with Gasteiger partial charge in [0.2, 0.25) is 5.91 Å². The van der Waals surface area contributed by atoms with Crippen LogP contribution < -0.4 is 11.1 Å². The van der Waals surface area contributed by atoms with Gasteiger partial charge >= 0.3 is 5.97 Å². The Morgan fingerprint density at radius 2 is 1.92 bits per heavy atom. The maximum atomic E-state index is 12.0. The average molecular weight is 352 g/mol. The number of aromatic nitrogens is 2. The zero-order chi connectivity index (χ0) is 18.7. The number of pyridine rings is 1. The highest BCUT2D eigenvalue weighted by Crippen LogP contribution is 2.10. The number of carbonyl (C=O) groups is 3. The molecule has 0 aliphatic rings. The monoisotopic (exact) mass is 352 g/mol. The second kappa shape index (κ2) is 7.06. The van der Waals surface area contributed by atoms with Crippen molar-refractivity contribution in [2.24, 2.45) is 5.73 Å². The van der Waals surface area contributed by atoms with Crippen molar-refractivity contribution in [2.75, 3.05) is 11.9 Å². The minimum absolute atomic E-state index is 0.120. The van der Waals surface area contributed by atoms with Gasteiger partial charge in [-0.25, -0.2) is 9.78 Å². The molecular weight excluding hydrogens is 336 g/mol. The predicted octanol–water partition coefficient (Wildman–Crippen LogP) is 1.54. The molecule has 3 rings (SSSR count). The first kappa shape index (κ1) is 17.2. The third kappa shape index (κ3) is 3.86. The van der Waals surface area contributed by atoms with E-state index in [0.29, 0.717) is 16.9 Å². The van der Waals surface area contributed by atoms with Crippen molar-refractivity contribution >= 4 is 29.1 Å². The maximum Gasteiger partial charge on any atom is 0.359 e. The van der Waals surface area contributed by atoms with Crippen molar-refractivity contribution in [1.82, 2.24) is 9.38 Å². The summed E-state index contributed by atoms with van der Waals surface area (Å²) in [6.45, 7) is 1.47. The smallest absolute Gasteiger partial charge is 0.359 e. The van der Waals surface area contributed by atoms with Crippen LogP contribution in [0.15, 0.2) is 48.8 Å². The zero-order valence-corrected chi connectivity index (χ0v) is 13.9. The first-order valence-electron chi connectivity index (χ1n) is 7.74. The molecule has 8 heteroatoms. The number of imidazole rings is 1. The molecule has 0 aliphatic heterocycles. The molecule has 2 heterocycles. The van der Waals surface area contributed by atoms with Crippen LogP contribution in [0.4, 0.5) is 5.69 Å². The number of primary amides is 1. The fraction of sp³-hybridized carbons (Fsp3) is 0.111. The predicted molar refractivity (Wildman–Crippen MR) is 93.8 cm³/mol. The van der Waals surface area contributed by atoms with E-state index in [2.05, 4.69) is 10.3 Å². The number of benzene rings is 1. The van der Waals surface area contributed by atoms with Crippen molar-refractivity contribution in [3.05, 3.63) is 65.6 Å². The van der Waals surface area contributed by atoms with Crippen LogP contribution in [0, 0.1) is 6.92 Å². The van der Waals surface area contributed by atoms with E-state index >= 15 is 0 Å². The molecule has 132 valence electrons. The Hall–Kier alpha value is -3.68. The molecule has 0 unspecified atom stereocenters. The standard InChI is InChI=1S/C18H16N4O4/c1-11-6-7-22-9-14(21-15(22)8-11)18(25)26-10-16(23)20-13-4-2-12(3-5-13)17(19)24/h2-9H,10H2,1H3,(H2,19,24)(H,20,23). The summed E-state index contributed by atoms with van der Waals surface area (Å²) in [5.74, 6) is -1.75. The number of ether oxygens (including phenoxy) is 1. The van der Waals surface area contributed by atoms with Crippen molar-refractivity contribution in [2.45, 2.75) is 6.92 Å². The summed E-state index contributed by atoms with van der Waals surface area (Å²) in [6, 6.07) is 9.76. The van der Waals surface area contributed by atoms with E-state index in [9.17, 15) is 14.4 Å². The minimum atomic E-state index is -0.689. The molecular formula is C18H16N4O4. The topological polar surface area (TPSA) is 116 Å². The number of carbonyl (C=O) groups excluding carboxylic acids is 3. The molecule has 2 amide bonds. The quantitative estimate of drug-likeness (QED) is 0.676. The van der Waals surface area contributed by atoms with Gasteiger partial charge in [-0.05, 0) is 48.9 Å². The number of anilines is 1. The third-order valence-electron chi connectivity index (χ3n) is 3.61. The van der Waals surface area contributed by atoms with Crippen molar-refractivity contribution < 1.29 is 19.1 Å². The molecule has 0 atom stereocenters. The lowest BCUT2D eigenvalue weighted by molar-refractivity contribution is -0.119. The Labute approximate surface area is 148 Å². The lowest BCUT2D eigenvalue weighted by Crippen LogP contribution is -2.21. The molecule has 1 aromatic carbocycles. The summed E-state index contributed by atoms with van der Waals surface area (Å²) < 4.78 is 6.68. The van der Waals surface area contributed by atoms with Gasteiger partial charge in [-0.3, -0.25) is 9.59 Å². The fourth-order valence-electron chi connectivity index (χ4n) is 2.30. The van der Waals surface area contributed by atoms with Crippen LogP contribution in [0.1, 0.15) is 26.4 Å². The lowest BCUT2D eigenvalue weighted by Gasteiger charge is -2.06. The number of fused-ring (bicyclic) bond motifs is 1. The number of amides is 2. The number of hydrogen-bond donors (Lipinski definition) is 2. The summed E-state index contributed by atoms with van der Waals surface area (Å²) in [5.41, 5.74) is 7.69. The van der Waals surface area contributed by atoms with Gasteiger partial charge in [-0.2, -0.15) is 0 Å². The molecule has 0 saturated carbocycles.